The molecule has 0 aliphatic carbocycles. The highest BCUT2D eigenvalue weighted by molar-refractivity contribution is 7.98. The van der Waals surface area contributed by atoms with Crippen LogP contribution in [0.15, 0.2) is 49.4 Å². The summed E-state index contributed by atoms with van der Waals surface area (Å²) in [4.78, 5) is 33.9. The van der Waals surface area contributed by atoms with Crippen molar-refractivity contribution in [3.63, 3.8) is 0 Å². The Morgan fingerprint density at radius 2 is 1.62 bits per heavy atom. The SMILES string of the molecule is C[S+](C(C)(C)C)C(C)(C)OCC(C)(C)n1cc(C(=O)c2cncc(NC(=O)Cn3cc(C(F)(F)F)cn3)c2)c2cncc(F)c21. The zero-order valence-corrected chi connectivity index (χ0v) is 27.2. The van der Waals surface area contributed by atoms with Crippen LogP contribution in [0, 0.1) is 5.82 Å². The number of alkyl halides is 3. The Labute approximate surface area is 261 Å². The van der Waals surface area contributed by atoms with Gasteiger partial charge in [-0.25, -0.2) is 4.39 Å². The summed E-state index contributed by atoms with van der Waals surface area (Å²) >= 11 is 0. The van der Waals surface area contributed by atoms with Gasteiger partial charge >= 0.3 is 6.18 Å². The van der Waals surface area contributed by atoms with Crippen LogP contribution in [0.25, 0.3) is 10.9 Å². The molecule has 9 nitrogen and oxygen atoms in total. The highest BCUT2D eigenvalue weighted by Gasteiger charge is 2.46. The van der Waals surface area contributed by atoms with Gasteiger partial charge in [0.2, 0.25) is 10.8 Å². The van der Waals surface area contributed by atoms with Crippen LogP contribution in [0.5, 0.6) is 0 Å². The van der Waals surface area contributed by atoms with Crippen molar-refractivity contribution in [1.82, 2.24) is 24.3 Å². The van der Waals surface area contributed by atoms with E-state index in [1.165, 1.54) is 24.7 Å². The second kappa shape index (κ2) is 12.2. The first kappa shape index (κ1) is 34.1. The average Bonchev–Trinajstić information content (AvgIpc) is 3.57. The molecule has 0 aromatic carbocycles. The number of pyridine rings is 2. The second-order valence-electron chi connectivity index (χ2n) is 12.8. The fourth-order valence-electron chi connectivity index (χ4n) is 4.77. The van der Waals surface area contributed by atoms with Gasteiger partial charge in [-0.3, -0.25) is 24.2 Å². The van der Waals surface area contributed by atoms with Crippen molar-refractivity contribution in [2.75, 3.05) is 18.2 Å². The van der Waals surface area contributed by atoms with Crippen molar-refractivity contribution in [3.05, 3.63) is 72.0 Å². The summed E-state index contributed by atoms with van der Waals surface area (Å²) in [5.74, 6) is -1.76. The summed E-state index contributed by atoms with van der Waals surface area (Å²) < 4.78 is 62.9. The van der Waals surface area contributed by atoms with Crippen LogP contribution in [0.3, 0.4) is 0 Å². The first-order valence-corrected chi connectivity index (χ1v) is 15.7. The number of hydrogen-bond acceptors (Lipinski definition) is 6. The van der Waals surface area contributed by atoms with E-state index in [2.05, 4.69) is 47.4 Å². The van der Waals surface area contributed by atoms with Crippen molar-refractivity contribution in [1.29, 1.82) is 0 Å². The molecule has 1 atom stereocenters. The number of aromatic nitrogens is 5. The predicted molar refractivity (Wildman–Crippen MR) is 166 cm³/mol. The number of amides is 1. The van der Waals surface area contributed by atoms with Crippen LogP contribution in [0.2, 0.25) is 0 Å². The molecule has 0 aliphatic rings. The molecule has 1 N–H and O–H groups in total. The molecular weight excluding hydrogens is 612 g/mol. The van der Waals surface area contributed by atoms with Gasteiger partial charge in [0.15, 0.2) is 11.6 Å². The molecule has 242 valence electrons. The summed E-state index contributed by atoms with van der Waals surface area (Å²) in [5, 5.41) is 6.39. The molecular formula is C31H37F4N6O3S+. The van der Waals surface area contributed by atoms with Gasteiger partial charge in [-0.05, 0) is 40.7 Å². The molecule has 4 aromatic heterocycles. The molecule has 0 aliphatic heterocycles. The molecule has 0 radical (unpaired) electrons. The zero-order chi connectivity index (χ0) is 33.5. The first-order chi connectivity index (χ1) is 20.7. The Bertz CT molecular complexity index is 1720. The number of nitrogens with zero attached hydrogens (tertiary/aromatic N) is 5. The van der Waals surface area contributed by atoms with Crippen LogP contribution < -0.4 is 5.32 Å². The van der Waals surface area contributed by atoms with Crippen molar-refractivity contribution >= 4 is 39.2 Å². The molecule has 4 rings (SSSR count). The maximum Gasteiger partial charge on any atom is 0.419 e. The Morgan fingerprint density at radius 1 is 0.956 bits per heavy atom. The van der Waals surface area contributed by atoms with Gasteiger partial charge in [0.25, 0.3) is 0 Å². The fourth-order valence-corrected chi connectivity index (χ4v) is 6.48. The van der Waals surface area contributed by atoms with Gasteiger partial charge < -0.3 is 14.6 Å². The highest BCUT2D eigenvalue weighted by atomic mass is 32.2. The number of rotatable bonds is 10. The molecule has 0 fully saturated rings. The molecule has 4 heterocycles. The maximum atomic E-state index is 15.3. The third kappa shape index (κ3) is 7.55. The van der Waals surface area contributed by atoms with E-state index in [4.69, 9.17) is 4.74 Å². The van der Waals surface area contributed by atoms with E-state index in [0.29, 0.717) is 11.6 Å². The van der Waals surface area contributed by atoms with E-state index in [1.54, 1.807) is 10.8 Å². The van der Waals surface area contributed by atoms with E-state index >= 15 is 4.39 Å². The molecule has 45 heavy (non-hydrogen) atoms. The van der Waals surface area contributed by atoms with Crippen LogP contribution in [-0.2, 0) is 38.7 Å². The smallest absolute Gasteiger partial charge is 0.336 e. The topological polar surface area (TPSA) is 104 Å². The van der Waals surface area contributed by atoms with Crippen molar-refractivity contribution in [2.24, 2.45) is 0 Å². The zero-order valence-electron chi connectivity index (χ0n) is 26.4. The lowest BCUT2D eigenvalue weighted by Gasteiger charge is -2.35. The summed E-state index contributed by atoms with van der Waals surface area (Å²) in [6.45, 7) is 14.1. The largest absolute Gasteiger partial charge is 0.419 e. The Hall–Kier alpha value is -3.78. The number of carbonyl (C=O) groups excluding carboxylic acids is 2. The van der Waals surface area contributed by atoms with E-state index < -0.39 is 46.3 Å². The monoisotopic (exact) mass is 649 g/mol. The van der Waals surface area contributed by atoms with E-state index in [0.717, 1.165) is 17.1 Å². The van der Waals surface area contributed by atoms with Crippen LogP contribution in [0.4, 0.5) is 23.2 Å². The Kier molecular flexibility index (Phi) is 9.24. The van der Waals surface area contributed by atoms with Gasteiger partial charge in [-0.1, -0.05) is 0 Å². The Balaban J connectivity index is 1.59. The van der Waals surface area contributed by atoms with Gasteiger partial charge in [0.1, 0.15) is 17.5 Å². The third-order valence-corrected chi connectivity index (χ3v) is 11.0. The molecule has 14 heteroatoms. The molecule has 0 spiro atoms. The standard InChI is InChI=1S/C31H36F4N6O3S/c1-28(2,3)45(8)30(6,7)44-18-29(4,5)41-16-23(22-13-37-14-24(32)26(22)41)27(43)19-9-21(12-36-10-19)39-25(42)17-40-15-20(11-38-40)31(33,34)35/h9-16H,17-18H2,1-8H3/p+1. The maximum absolute atomic E-state index is 15.3. The number of anilines is 1. The van der Waals surface area contributed by atoms with E-state index in [9.17, 15) is 22.8 Å². The average molecular weight is 650 g/mol. The van der Waals surface area contributed by atoms with Crippen LogP contribution >= 0.6 is 0 Å². The lowest BCUT2D eigenvalue weighted by molar-refractivity contribution is -0.137. The summed E-state index contributed by atoms with van der Waals surface area (Å²) in [5.41, 5.74) is -1.13. The minimum Gasteiger partial charge on any atom is -0.336 e. The number of carbonyl (C=O) groups is 2. The molecule has 0 saturated carbocycles. The minimum atomic E-state index is -4.58. The van der Waals surface area contributed by atoms with Crippen molar-refractivity contribution < 1.29 is 31.9 Å². The van der Waals surface area contributed by atoms with Gasteiger partial charge in [-0.2, -0.15) is 18.3 Å². The molecule has 1 unspecified atom stereocenters. The van der Waals surface area contributed by atoms with Gasteiger partial charge in [-0.15, -0.1) is 0 Å². The second-order valence-corrected chi connectivity index (χ2v) is 16.0. The van der Waals surface area contributed by atoms with E-state index in [1.807, 2.05) is 27.7 Å². The lowest BCUT2D eigenvalue weighted by atomic mass is 10.0. The summed E-state index contributed by atoms with van der Waals surface area (Å²) in [6, 6.07) is 1.39. The first-order valence-electron chi connectivity index (χ1n) is 14.0. The number of fused-ring (bicyclic) bond motifs is 1. The lowest BCUT2D eigenvalue weighted by Crippen LogP contribution is -2.47. The fraction of sp³-hybridized carbons (Fsp3) is 0.452. The van der Waals surface area contributed by atoms with Gasteiger partial charge in [0, 0.05) is 66.0 Å². The molecule has 1 amide bonds. The molecule has 0 bridgehead atoms. The number of halogens is 4. The molecule has 4 aromatic rings. The quantitative estimate of drug-likeness (QED) is 0.125. The normalized spacial score (nSPS) is 13.7. The number of ketones is 1. The number of hydrogen-bond donors (Lipinski definition) is 1. The molecule has 0 saturated heterocycles. The van der Waals surface area contributed by atoms with E-state index in [-0.39, 0.29) is 44.6 Å². The Morgan fingerprint density at radius 3 is 2.24 bits per heavy atom. The van der Waals surface area contributed by atoms with Crippen molar-refractivity contribution in [3.8, 4) is 0 Å². The predicted octanol–water partition coefficient (Wildman–Crippen LogP) is 6.19. The van der Waals surface area contributed by atoms with Crippen LogP contribution in [0.1, 0.15) is 70.0 Å². The van der Waals surface area contributed by atoms with Crippen molar-refractivity contribution in [2.45, 2.75) is 76.4 Å². The summed E-state index contributed by atoms with van der Waals surface area (Å²) in [7, 11) is -0.125. The third-order valence-electron chi connectivity index (χ3n) is 7.54. The van der Waals surface area contributed by atoms with Gasteiger partial charge in [0.05, 0.1) is 47.5 Å². The number of nitrogens with one attached hydrogen (secondary N) is 1. The van der Waals surface area contributed by atoms with Crippen LogP contribution in [-0.4, -0.2) is 58.5 Å². The number of ether oxygens (including phenoxy) is 1. The highest BCUT2D eigenvalue weighted by Crippen LogP contribution is 2.35. The minimum absolute atomic E-state index is 0.0169. The summed E-state index contributed by atoms with van der Waals surface area (Å²) in [6.07, 6.45) is 5.61.